The van der Waals surface area contributed by atoms with Crippen LogP contribution >= 0.6 is 0 Å². The summed E-state index contributed by atoms with van der Waals surface area (Å²) in [4.78, 5) is 7.74. The van der Waals surface area contributed by atoms with Gasteiger partial charge in [-0.2, -0.15) is 5.10 Å². The summed E-state index contributed by atoms with van der Waals surface area (Å²) in [5.41, 5.74) is 10.4. The second-order valence-corrected chi connectivity index (χ2v) is 5.64. The van der Waals surface area contributed by atoms with Crippen LogP contribution in [-0.2, 0) is 12.8 Å². The van der Waals surface area contributed by atoms with Crippen LogP contribution in [0.5, 0.6) is 0 Å². The fraction of sp³-hybridized carbons (Fsp3) is 0.294. The molecule has 0 aromatic carbocycles. The molecule has 0 unspecified atom stereocenters. The number of hydrogen-bond donors (Lipinski definition) is 2. The van der Waals surface area contributed by atoms with E-state index in [1.165, 1.54) is 48.2 Å². The zero-order chi connectivity index (χ0) is 14.1. The van der Waals surface area contributed by atoms with Crippen molar-refractivity contribution in [2.75, 3.05) is 6.54 Å². The van der Waals surface area contributed by atoms with Gasteiger partial charge in [0, 0.05) is 34.9 Å². The molecule has 0 fully saturated rings. The number of pyridine rings is 1. The normalized spacial score (nSPS) is 19.2. The first kappa shape index (κ1) is 12.4. The van der Waals surface area contributed by atoms with Gasteiger partial charge in [0.05, 0.1) is 12.3 Å². The minimum absolute atomic E-state index is 0.772. The van der Waals surface area contributed by atoms with Gasteiger partial charge in [-0.1, -0.05) is 0 Å². The molecule has 4 nitrogen and oxygen atoms in total. The van der Waals surface area contributed by atoms with Crippen LogP contribution < -0.4 is 5.43 Å². The predicted octanol–water partition coefficient (Wildman–Crippen LogP) is 2.68. The van der Waals surface area contributed by atoms with E-state index in [1.54, 1.807) is 6.20 Å². The Bertz CT molecular complexity index is 686. The van der Waals surface area contributed by atoms with Crippen LogP contribution in [0.3, 0.4) is 0 Å². The van der Waals surface area contributed by atoms with Crippen LogP contribution in [0, 0.1) is 0 Å². The van der Waals surface area contributed by atoms with Crippen molar-refractivity contribution in [2.45, 2.75) is 25.7 Å². The first-order chi connectivity index (χ1) is 10.4. The molecule has 2 N–H and O–H groups in total. The Hall–Kier alpha value is -2.36. The summed E-state index contributed by atoms with van der Waals surface area (Å²) in [5, 5.41) is 4.41. The highest BCUT2D eigenvalue weighted by Crippen LogP contribution is 2.23. The van der Waals surface area contributed by atoms with E-state index < -0.39 is 0 Å². The molecule has 0 saturated heterocycles. The van der Waals surface area contributed by atoms with Crippen molar-refractivity contribution >= 4 is 11.8 Å². The minimum Gasteiger partial charge on any atom is -0.359 e. The highest BCUT2D eigenvalue weighted by atomic mass is 15.3. The minimum atomic E-state index is 0.772. The Labute approximate surface area is 124 Å². The fourth-order valence-corrected chi connectivity index (χ4v) is 3.13. The van der Waals surface area contributed by atoms with Crippen molar-refractivity contribution < 1.29 is 0 Å². The van der Waals surface area contributed by atoms with E-state index in [0.717, 1.165) is 17.8 Å². The number of aryl methyl sites for hydroxylation is 2. The Morgan fingerprint density at radius 2 is 2.14 bits per heavy atom. The third kappa shape index (κ3) is 2.37. The molecule has 2 aromatic heterocycles. The van der Waals surface area contributed by atoms with Crippen molar-refractivity contribution in [1.82, 2.24) is 15.4 Å². The molecule has 1 aliphatic carbocycles. The molecule has 4 heteroatoms. The van der Waals surface area contributed by atoms with Crippen molar-refractivity contribution in [3.05, 3.63) is 58.7 Å². The van der Waals surface area contributed by atoms with E-state index in [4.69, 9.17) is 0 Å². The number of aromatic nitrogens is 2. The first-order valence-corrected chi connectivity index (χ1v) is 7.53. The summed E-state index contributed by atoms with van der Waals surface area (Å²) in [7, 11) is 0. The summed E-state index contributed by atoms with van der Waals surface area (Å²) < 4.78 is 0. The average molecular weight is 278 g/mol. The predicted molar refractivity (Wildman–Crippen MR) is 84.2 cm³/mol. The Kier molecular flexibility index (Phi) is 3.07. The largest absolute Gasteiger partial charge is 0.359 e. The van der Waals surface area contributed by atoms with Crippen molar-refractivity contribution in [3.63, 3.8) is 0 Å². The maximum Gasteiger partial charge on any atom is 0.0968 e. The van der Waals surface area contributed by atoms with Crippen LogP contribution in [0.1, 0.15) is 35.4 Å². The molecule has 2 aromatic rings. The molecule has 1 aliphatic heterocycles. The highest BCUT2D eigenvalue weighted by Gasteiger charge is 2.17. The molecule has 2 aliphatic rings. The number of fused-ring (bicyclic) bond motifs is 1. The second kappa shape index (κ2) is 5.20. The maximum atomic E-state index is 4.41. The van der Waals surface area contributed by atoms with Crippen molar-refractivity contribution in [2.24, 2.45) is 5.10 Å². The molecule has 0 radical (unpaired) electrons. The van der Waals surface area contributed by atoms with Gasteiger partial charge in [-0.15, -0.1) is 0 Å². The highest BCUT2D eigenvalue weighted by molar-refractivity contribution is 6.15. The number of rotatable bonds is 2. The number of nitrogens with one attached hydrogen (secondary N) is 2. The molecule has 0 bridgehead atoms. The average Bonchev–Trinajstić information content (AvgIpc) is 3.14. The standard InChI is InChI=1S/C17H18N4/c1-2-6-16-12(4-1)8-15(20-16)9-14-11-19-21-17(14)13-5-3-7-18-10-13/h3,5,7-10,19-20H,1-2,4,6,11H2/b14-9+. The van der Waals surface area contributed by atoms with E-state index in [1.807, 2.05) is 18.3 Å². The van der Waals surface area contributed by atoms with E-state index in [0.29, 0.717) is 0 Å². The Morgan fingerprint density at radius 1 is 1.19 bits per heavy atom. The molecular weight excluding hydrogens is 260 g/mol. The maximum absolute atomic E-state index is 4.41. The quantitative estimate of drug-likeness (QED) is 0.887. The van der Waals surface area contributed by atoms with Gasteiger partial charge in [-0.3, -0.25) is 4.98 Å². The molecule has 0 atom stereocenters. The van der Waals surface area contributed by atoms with Crippen molar-refractivity contribution in [3.8, 4) is 0 Å². The van der Waals surface area contributed by atoms with Crippen LogP contribution in [0.4, 0.5) is 0 Å². The first-order valence-electron chi connectivity index (χ1n) is 7.53. The summed E-state index contributed by atoms with van der Waals surface area (Å²) in [5.74, 6) is 0. The monoisotopic (exact) mass is 278 g/mol. The summed E-state index contributed by atoms with van der Waals surface area (Å²) >= 11 is 0. The summed E-state index contributed by atoms with van der Waals surface area (Å²) in [6.45, 7) is 0.772. The lowest BCUT2D eigenvalue weighted by atomic mass is 9.98. The zero-order valence-corrected chi connectivity index (χ0v) is 11.9. The molecule has 0 amide bonds. The third-order valence-electron chi connectivity index (χ3n) is 4.16. The summed E-state index contributed by atoms with van der Waals surface area (Å²) in [6, 6.07) is 6.29. The van der Waals surface area contributed by atoms with Crippen LogP contribution in [-0.4, -0.2) is 22.2 Å². The lowest BCUT2D eigenvalue weighted by molar-refractivity contribution is 0.677. The van der Waals surface area contributed by atoms with E-state index >= 15 is 0 Å². The van der Waals surface area contributed by atoms with E-state index in [-0.39, 0.29) is 0 Å². The molecule has 106 valence electrons. The van der Waals surface area contributed by atoms with Gasteiger partial charge >= 0.3 is 0 Å². The lowest BCUT2D eigenvalue weighted by Gasteiger charge is -2.08. The number of hydrogen-bond acceptors (Lipinski definition) is 3. The lowest BCUT2D eigenvalue weighted by Crippen LogP contribution is -2.04. The smallest absolute Gasteiger partial charge is 0.0968 e. The zero-order valence-electron chi connectivity index (χ0n) is 11.9. The molecule has 21 heavy (non-hydrogen) atoms. The van der Waals surface area contributed by atoms with Crippen LogP contribution in [0.25, 0.3) is 6.08 Å². The number of aromatic amines is 1. The number of nitrogens with zero attached hydrogens (tertiary/aromatic N) is 2. The number of H-pyrrole nitrogens is 1. The summed E-state index contributed by atoms with van der Waals surface area (Å²) in [6.07, 6.45) is 10.9. The van der Waals surface area contributed by atoms with Gasteiger partial charge < -0.3 is 10.4 Å². The SMILES string of the molecule is C(=C1/CNN=C1c1cccnc1)/c1cc2c([nH]1)CCCC2. The molecule has 4 rings (SSSR count). The van der Waals surface area contributed by atoms with Crippen LogP contribution in [0.2, 0.25) is 0 Å². The molecule has 0 spiro atoms. The van der Waals surface area contributed by atoms with Gasteiger partial charge in [-0.25, -0.2) is 0 Å². The van der Waals surface area contributed by atoms with Gasteiger partial charge in [-0.05, 0) is 55.5 Å². The van der Waals surface area contributed by atoms with Gasteiger partial charge in [0.25, 0.3) is 0 Å². The third-order valence-corrected chi connectivity index (χ3v) is 4.16. The Morgan fingerprint density at radius 3 is 3.00 bits per heavy atom. The Balaban J connectivity index is 1.66. The number of hydrazone groups is 1. The van der Waals surface area contributed by atoms with E-state index in [9.17, 15) is 0 Å². The van der Waals surface area contributed by atoms with E-state index in [2.05, 4.69) is 32.6 Å². The van der Waals surface area contributed by atoms with Crippen molar-refractivity contribution in [1.29, 1.82) is 0 Å². The van der Waals surface area contributed by atoms with Gasteiger partial charge in [0.15, 0.2) is 0 Å². The molecule has 0 saturated carbocycles. The van der Waals surface area contributed by atoms with Gasteiger partial charge in [0.1, 0.15) is 0 Å². The van der Waals surface area contributed by atoms with Crippen LogP contribution in [0.15, 0.2) is 41.3 Å². The molecular formula is C17H18N4. The second-order valence-electron chi connectivity index (χ2n) is 5.64. The van der Waals surface area contributed by atoms with Gasteiger partial charge in [0.2, 0.25) is 0 Å². The topological polar surface area (TPSA) is 53.1 Å². The fourth-order valence-electron chi connectivity index (χ4n) is 3.13. The molecule has 3 heterocycles.